The molecule has 0 aromatic heterocycles. The number of nitrogens with zero attached hydrogens (tertiary/aromatic N) is 2. The standard InChI is InChI=1S/C20H25BrN2O2/c1-19(2,3)25-18(24)23-15-8-9-16(23)12-20(11-15,13-22)10-14-6-4-5-7-17(14)21/h4-7,15-16H,8-12H2,1-3H3/t15-,16+,20?. The van der Waals surface area contributed by atoms with Crippen molar-refractivity contribution < 1.29 is 9.53 Å². The normalized spacial score (nSPS) is 28.5. The number of carbonyl (C=O) groups excluding carboxylic acids is 1. The zero-order valence-corrected chi connectivity index (χ0v) is 16.7. The van der Waals surface area contributed by atoms with Crippen molar-refractivity contribution in [3.63, 3.8) is 0 Å². The van der Waals surface area contributed by atoms with Crippen LogP contribution in [-0.2, 0) is 11.2 Å². The maximum Gasteiger partial charge on any atom is 0.410 e. The molecule has 3 atom stereocenters. The average molecular weight is 405 g/mol. The highest BCUT2D eigenvalue weighted by atomic mass is 79.9. The first-order valence-corrected chi connectivity index (χ1v) is 9.68. The van der Waals surface area contributed by atoms with Crippen LogP contribution >= 0.6 is 15.9 Å². The van der Waals surface area contributed by atoms with Gasteiger partial charge in [-0.1, -0.05) is 34.1 Å². The highest BCUT2D eigenvalue weighted by Gasteiger charge is 2.51. The number of hydrogen-bond acceptors (Lipinski definition) is 3. The Labute approximate surface area is 158 Å². The summed E-state index contributed by atoms with van der Waals surface area (Å²) in [5, 5.41) is 9.97. The Balaban J connectivity index is 1.79. The second-order valence-electron chi connectivity index (χ2n) is 8.34. The highest BCUT2D eigenvalue weighted by molar-refractivity contribution is 9.10. The Morgan fingerprint density at radius 2 is 1.92 bits per heavy atom. The molecule has 0 N–H and O–H groups in total. The monoisotopic (exact) mass is 404 g/mol. The van der Waals surface area contributed by atoms with Crippen LogP contribution in [0, 0.1) is 16.7 Å². The van der Waals surface area contributed by atoms with E-state index in [1.54, 1.807) is 0 Å². The Kier molecular flexibility index (Phi) is 4.85. The first-order valence-electron chi connectivity index (χ1n) is 8.89. The van der Waals surface area contributed by atoms with E-state index >= 15 is 0 Å². The van der Waals surface area contributed by atoms with E-state index in [0.29, 0.717) is 0 Å². The molecule has 0 saturated carbocycles. The van der Waals surface area contributed by atoms with E-state index in [1.807, 2.05) is 43.9 Å². The molecule has 4 nitrogen and oxygen atoms in total. The fraction of sp³-hybridized carbons (Fsp3) is 0.600. The first-order chi connectivity index (χ1) is 11.7. The van der Waals surface area contributed by atoms with Gasteiger partial charge in [0.2, 0.25) is 0 Å². The zero-order valence-electron chi connectivity index (χ0n) is 15.1. The van der Waals surface area contributed by atoms with Crippen LogP contribution in [0.15, 0.2) is 28.7 Å². The Morgan fingerprint density at radius 1 is 1.32 bits per heavy atom. The van der Waals surface area contributed by atoms with Gasteiger partial charge in [0.1, 0.15) is 5.60 Å². The van der Waals surface area contributed by atoms with Gasteiger partial charge in [-0.3, -0.25) is 0 Å². The molecule has 1 amide bonds. The number of benzene rings is 1. The van der Waals surface area contributed by atoms with Crippen LogP contribution in [0.4, 0.5) is 4.79 Å². The van der Waals surface area contributed by atoms with Crippen LogP contribution in [0.5, 0.6) is 0 Å². The first kappa shape index (κ1) is 18.3. The van der Waals surface area contributed by atoms with E-state index in [2.05, 4.69) is 28.1 Å². The number of carbonyl (C=O) groups is 1. The van der Waals surface area contributed by atoms with Crippen LogP contribution < -0.4 is 0 Å². The quantitative estimate of drug-likeness (QED) is 0.691. The number of rotatable bonds is 2. The molecule has 0 aliphatic carbocycles. The Bertz CT molecular complexity index is 690. The van der Waals surface area contributed by atoms with Crippen molar-refractivity contribution in [3.05, 3.63) is 34.3 Å². The van der Waals surface area contributed by atoms with E-state index in [1.165, 1.54) is 0 Å². The van der Waals surface area contributed by atoms with Crippen molar-refractivity contribution >= 4 is 22.0 Å². The van der Waals surface area contributed by atoms with Crippen molar-refractivity contribution in [2.24, 2.45) is 5.41 Å². The molecule has 5 heteroatoms. The van der Waals surface area contributed by atoms with Gasteiger partial charge < -0.3 is 9.64 Å². The number of fused-ring (bicyclic) bond motifs is 2. The lowest BCUT2D eigenvalue weighted by molar-refractivity contribution is -0.00414. The molecule has 134 valence electrons. The molecule has 2 bridgehead atoms. The molecular formula is C20H25BrN2O2. The Hall–Kier alpha value is -1.54. The molecule has 2 aliphatic rings. The second-order valence-corrected chi connectivity index (χ2v) is 9.20. The van der Waals surface area contributed by atoms with Crippen molar-refractivity contribution in [2.45, 2.75) is 70.6 Å². The van der Waals surface area contributed by atoms with Crippen molar-refractivity contribution in [1.29, 1.82) is 5.26 Å². The number of nitriles is 1. The maximum absolute atomic E-state index is 12.6. The lowest BCUT2D eigenvalue weighted by Gasteiger charge is -2.43. The fourth-order valence-corrected chi connectivity index (χ4v) is 4.67. The zero-order chi connectivity index (χ0) is 18.2. The van der Waals surface area contributed by atoms with Crippen LogP contribution in [0.25, 0.3) is 0 Å². The van der Waals surface area contributed by atoms with Gasteiger partial charge in [-0.2, -0.15) is 5.26 Å². The molecule has 1 aromatic rings. The summed E-state index contributed by atoms with van der Waals surface area (Å²) < 4.78 is 6.64. The molecular weight excluding hydrogens is 380 g/mol. The molecule has 1 unspecified atom stereocenters. The van der Waals surface area contributed by atoms with Crippen LogP contribution in [0.3, 0.4) is 0 Å². The molecule has 2 fully saturated rings. The lowest BCUT2D eigenvalue weighted by Crippen LogP contribution is -2.52. The third-order valence-corrected chi connectivity index (χ3v) is 5.97. The molecule has 2 saturated heterocycles. The van der Waals surface area contributed by atoms with Crippen molar-refractivity contribution in [1.82, 2.24) is 4.90 Å². The SMILES string of the molecule is CC(C)(C)OC(=O)N1[C@@H]2CC[C@H]1CC(C#N)(Cc1ccccc1Br)C2. The fourth-order valence-electron chi connectivity index (χ4n) is 4.24. The third-order valence-electron chi connectivity index (χ3n) is 5.20. The minimum absolute atomic E-state index is 0.107. The molecule has 2 heterocycles. The van der Waals surface area contributed by atoms with Gasteiger partial charge in [0.05, 0.1) is 11.5 Å². The minimum Gasteiger partial charge on any atom is -0.444 e. The predicted molar refractivity (Wildman–Crippen MR) is 100 cm³/mol. The smallest absolute Gasteiger partial charge is 0.410 e. The number of hydrogen-bond donors (Lipinski definition) is 0. The van der Waals surface area contributed by atoms with Crippen LogP contribution in [0.1, 0.15) is 52.0 Å². The van der Waals surface area contributed by atoms with E-state index in [4.69, 9.17) is 4.74 Å². The number of piperidine rings is 1. The summed E-state index contributed by atoms with van der Waals surface area (Å²) in [6, 6.07) is 10.9. The summed E-state index contributed by atoms with van der Waals surface area (Å²) in [5.41, 5.74) is 0.262. The summed E-state index contributed by atoms with van der Waals surface area (Å²) in [6.07, 6.45) is 3.86. The molecule has 1 aromatic carbocycles. The van der Waals surface area contributed by atoms with Crippen molar-refractivity contribution in [3.8, 4) is 6.07 Å². The van der Waals surface area contributed by atoms with Gasteiger partial charge in [-0.15, -0.1) is 0 Å². The predicted octanol–water partition coefficient (Wildman–Crippen LogP) is 5.06. The molecule has 25 heavy (non-hydrogen) atoms. The summed E-state index contributed by atoms with van der Waals surface area (Å²) >= 11 is 3.60. The summed E-state index contributed by atoms with van der Waals surface area (Å²) in [5.74, 6) is 0. The summed E-state index contributed by atoms with van der Waals surface area (Å²) in [6.45, 7) is 5.68. The summed E-state index contributed by atoms with van der Waals surface area (Å²) in [7, 11) is 0. The number of amides is 1. The Morgan fingerprint density at radius 3 is 2.44 bits per heavy atom. The third kappa shape index (κ3) is 3.84. The average Bonchev–Trinajstić information content (AvgIpc) is 2.80. The topological polar surface area (TPSA) is 53.3 Å². The van der Waals surface area contributed by atoms with E-state index in [-0.39, 0.29) is 18.2 Å². The maximum atomic E-state index is 12.6. The van der Waals surface area contributed by atoms with Gasteiger partial charge in [-0.05, 0) is 64.5 Å². The second kappa shape index (κ2) is 6.64. The number of halogens is 1. The molecule has 0 radical (unpaired) electrons. The van der Waals surface area contributed by atoms with Crippen LogP contribution in [0.2, 0.25) is 0 Å². The minimum atomic E-state index is -0.491. The van der Waals surface area contributed by atoms with Gasteiger partial charge in [0.25, 0.3) is 0 Å². The van der Waals surface area contributed by atoms with Gasteiger partial charge in [0.15, 0.2) is 0 Å². The largest absolute Gasteiger partial charge is 0.444 e. The molecule has 3 rings (SSSR count). The van der Waals surface area contributed by atoms with Crippen LogP contribution in [-0.4, -0.2) is 28.7 Å². The van der Waals surface area contributed by atoms with Gasteiger partial charge in [0, 0.05) is 16.6 Å². The lowest BCUT2D eigenvalue weighted by atomic mass is 9.72. The van der Waals surface area contributed by atoms with Gasteiger partial charge >= 0.3 is 6.09 Å². The van der Waals surface area contributed by atoms with Gasteiger partial charge in [-0.25, -0.2) is 4.79 Å². The highest BCUT2D eigenvalue weighted by Crippen LogP contribution is 2.48. The number of ether oxygens (including phenoxy) is 1. The molecule has 0 spiro atoms. The summed E-state index contributed by atoms with van der Waals surface area (Å²) in [4.78, 5) is 14.5. The van der Waals surface area contributed by atoms with E-state index < -0.39 is 11.0 Å². The van der Waals surface area contributed by atoms with E-state index in [9.17, 15) is 10.1 Å². The van der Waals surface area contributed by atoms with Crippen molar-refractivity contribution in [2.75, 3.05) is 0 Å². The molecule has 2 aliphatic heterocycles. The van der Waals surface area contributed by atoms with E-state index in [0.717, 1.165) is 42.1 Å².